The van der Waals surface area contributed by atoms with Crippen molar-refractivity contribution in [3.63, 3.8) is 0 Å². The molecule has 2 unspecified atom stereocenters. The molecule has 0 saturated carbocycles. The second-order valence-electron chi connectivity index (χ2n) is 5.91. The van der Waals surface area contributed by atoms with Crippen LogP contribution < -0.4 is 0 Å². The van der Waals surface area contributed by atoms with Gasteiger partial charge in [-0.1, -0.05) is 6.92 Å². The molecule has 3 nitrogen and oxygen atoms in total. The topological polar surface area (TPSA) is 26.7 Å². The minimum Gasteiger partial charge on any atom is -0.392 e. The van der Waals surface area contributed by atoms with Gasteiger partial charge in [0.1, 0.15) is 0 Å². The van der Waals surface area contributed by atoms with Gasteiger partial charge in [-0.05, 0) is 34.1 Å². The molecule has 2 atom stereocenters. The van der Waals surface area contributed by atoms with Crippen molar-refractivity contribution in [1.82, 2.24) is 9.80 Å². The van der Waals surface area contributed by atoms with Crippen molar-refractivity contribution in [3.05, 3.63) is 0 Å². The third kappa shape index (κ3) is 3.44. The Morgan fingerprint density at radius 2 is 1.62 bits per heavy atom. The van der Waals surface area contributed by atoms with E-state index in [4.69, 9.17) is 0 Å². The molecule has 0 aliphatic carbocycles. The van der Waals surface area contributed by atoms with E-state index in [1.165, 1.54) is 0 Å². The fourth-order valence-electron chi connectivity index (χ4n) is 2.38. The van der Waals surface area contributed by atoms with Gasteiger partial charge in [-0.2, -0.15) is 0 Å². The van der Waals surface area contributed by atoms with Gasteiger partial charge in [0.25, 0.3) is 0 Å². The first-order valence-electron chi connectivity index (χ1n) is 6.53. The summed E-state index contributed by atoms with van der Waals surface area (Å²) in [6, 6.07) is 0.298. The van der Waals surface area contributed by atoms with Gasteiger partial charge in [0.05, 0.1) is 6.10 Å². The van der Waals surface area contributed by atoms with Gasteiger partial charge in [-0.25, -0.2) is 0 Å². The first-order valence-corrected chi connectivity index (χ1v) is 6.53. The maximum atomic E-state index is 9.85. The second kappa shape index (κ2) is 5.48. The molecule has 1 fully saturated rings. The molecule has 0 aromatic rings. The van der Waals surface area contributed by atoms with Crippen LogP contribution in [0.5, 0.6) is 0 Å². The van der Waals surface area contributed by atoms with Crippen LogP contribution in [0.4, 0.5) is 0 Å². The Hall–Kier alpha value is -0.120. The first kappa shape index (κ1) is 13.9. The Balaban J connectivity index is 2.43. The highest BCUT2D eigenvalue weighted by molar-refractivity contribution is 4.85. The van der Waals surface area contributed by atoms with Crippen molar-refractivity contribution < 1.29 is 5.11 Å². The average molecular weight is 228 g/mol. The smallest absolute Gasteiger partial charge is 0.0690 e. The molecule has 1 aliphatic heterocycles. The number of hydrogen-bond donors (Lipinski definition) is 1. The SMILES string of the molecule is CCC(O)C(C)N1CCN(C(C)(C)C)CC1. The van der Waals surface area contributed by atoms with Crippen molar-refractivity contribution in [2.75, 3.05) is 26.2 Å². The molecule has 16 heavy (non-hydrogen) atoms. The molecule has 1 heterocycles. The molecule has 0 bridgehead atoms. The third-order valence-corrected chi connectivity index (χ3v) is 3.81. The van der Waals surface area contributed by atoms with Crippen LogP contribution in [0.25, 0.3) is 0 Å². The molecule has 96 valence electrons. The molecule has 0 radical (unpaired) electrons. The molecular weight excluding hydrogens is 200 g/mol. The molecule has 1 aliphatic rings. The maximum absolute atomic E-state index is 9.85. The van der Waals surface area contributed by atoms with Crippen LogP contribution >= 0.6 is 0 Å². The Labute approximate surface area is 100 Å². The van der Waals surface area contributed by atoms with Gasteiger partial charge < -0.3 is 5.11 Å². The van der Waals surface area contributed by atoms with E-state index in [-0.39, 0.29) is 11.6 Å². The quantitative estimate of drug-likeness (QED) is 0.794. The van der Waals surface area contributed by atoms with Crippen molar-refractivity contribution in [2.24, 2.45) is 0 Å². The van der Waals surface area contributed by atoms with E-state index in [1.807, 2.05) is 6.92 Å². The molecule has 3 heteroatoms. The summed E-state index contributed by atoms with van der Waals surface area (Å²) >= 11 is 0. The summed E-state index contributed by atoms with van der Waals surface area (Å²) in [7, 11) is 0. The van der Waals surface area contributed by atoms with E-state index >= 15 is 0 Å². The summed E-state index contributed by atoms with van der Waals surface area (Å²) in [4.78, 5) is 4.94. The van der Waals surface area contributed by atoms with E-state index in [9.17, 15) is 5.11 Å². The molecule has 1 saturated heterocycles. The van der Waals surface area contributed by atoms with E-state index in [0.29, 0.717) is 6.04 Å². The number of rotatable bonds is 3. The van der Waals surface area contributed by atoms with E-state index in [2.05, 4.69) is 37.5 Å². The summed E-state index contributed by atoms with van der Waals surface area (Å²) in [5.74, 6) is 0. The predicted octanol–water partition coefficient (Wildman–Crippen LogP) is 1.56. The minimum atomic E-state index is -0.179. The normalized spacial score (nSPS) is 24.4. The van der Waals surface area contributed by atoms with E-state index in [0.717, 1.165) is 32.6 Å². The Bertz CT molecular complexity index is 204. The predicted molar refractivity (Wildman–Crippen MR) is 68.7 cm³/mol. The van der Waals surface area contributed by atoms with Crippen LogP contribution in [-0.4, -0.2) is 58.8 Å². The van der Waals surface area contributed by atoms with Crippen molar-refractivity contribution in [2.45, 2.75) is 58.7 Å². The summed E-state index contributed by atoms with van der Waals surface area (Å²) in [5.41, 5.74) is 0.276. The number of piperazine rings is 1. The minimum absolute atomic E-state index is 0.179. The van der Waals surface area contributed by atoms with Gasteiger partial charge in [0.2, 0.25) is 0 Å². The summed E-state index contributed by atoms with van der Waals surface area (Å²) < 4.78 is 0. The van der Waals surface area contributed by atoms with Crippen molar-refractivity contribution >= 4 is 0 Å². The lowest BCUT2D eigenvalue weighted by Gasteiger charge is -2.44. The highest BCUT2D eigenvalue weighted by Crippen LogP contribution is 2.18. The fraction of sp³-hybridized carbons (Fsp3) is 1.00. The molecule has 1 rings (SSSR count). The summed E-state index contributed by atoms with van der Waals surface area (Å²) in [5, 5.41) is 9.85. The van der Waals surface area contributed by atoms with Gasteiger partial charge in [0.15, 0.2) is 0 Å². The second-order valence-corrected chi connectivity index (χ2v) is 5.91. The van der Waals surface area contributed by atoms with Crippen molar-refractivity contribution in [1.29, 1.82) is 0 Å². The zero-order valence-electron chi connectivity index (χ0n) is 11.5. The summed E-state index contributed by atoms with van der Waals surface area (Å²) in [6.07, 6.45) is 0.668. The van der Waals surface area contributed by atoms with Gasteiger partial charge in [0, 0.05) is 37.8 Å². The third-order valence-electron chi connectivity index (χ3n) is 3.81. The Morgan fingerprint density at radius 1 is 1.12 bits per heavy atom. The maximum Gasteiger partial charge on any atom is 0.0690 e. The van der Waals surface area contributed by atoms with Crippen LogP contribution in [0, 0.1) is 0 Å². The number of hydrogen-bond acceptors (Lipinski definition) is 3. The van der Waals surface area contributed by atoms with Crippen LogP contribution in [-0.2, 0) is 0 Å². The zero-order chi connectivity index (χ0) is 12.3. The molecular formula is C13H28N2O. The first-order chi connectivity index (χ1) is 7.36. The van der Waals surface area contributed by atoms with Gasteiger partial charge in [-0.3, -0.25) is 9.80 Å². The van der Waals surface area contributed by atoms with Gasteiger partial charge >= 0.3 is 0 Å². The zero-order valence-corrected chi connectivity index (χ0v) is 11.5. The van der Waals surface area contributed by atoms with E-state index in [1.54, 1.807) is 0 Å². The Kier molecular flexibility index (Phi) is 4.77. The van der Waals surface area contributed by atoms with Crippen LogP contribution in [0.3, 0.4) is 0 Å². The number of aliphatic hydroxyl groups is 1. The number of nitrogens with zero attached hydrogens (tertiary/aromatic N) is 2. The van der Waals surface area contributed by atoms with Gasteiger partial charge in [-0.15, -0.1) is 0 Å². The Morgan fingerprint density at radius 3 is 2.00 bits per heavy atom. The lowest BCUT2D eigenvalue weighted by atomic mass is 10.0. The monoisotopic (exact) mass is 228 g/mol. The molecule has 0 spiro atoms. The number of aliphatic hydroxyl groups excluding tert-OH is 1. The summed E-state index contributed by atoms with van der Waals surface area (Å²) in [6.45, 7) is 15.4. The highest BCUT2D eigenvalue weighted by Gasteiger charge is 2.29. The largest absolute Gasteiger partial charge is 0.392 e. The average Bonchev–Trinajstić information content (AvgIpc) is 2.26. The molecule has 0 amide bonds. The lowest BCUT2D eigenvalue weighted by molar-refractivity contribution is 0.00290. The van der Waals surface area contributed by atoms with E-state index < -0.39 is 0 Å². The van der Waals surface area contributed by atoms with Crippen LogP contribution in [0.2, 0.25) is 0 Å². The highest BCUT2D eigenvalue weighted by atomic mass is 16.3. The molecule has 0 aromatic carbocycles. The van der Waals surface area contributed by atoms with Crippen LogP contribution in [0.15, 0.2) is 0 Å². The van der Waals surface area contributed by atoms with Crippen molar-refractivity contribution in [3.8, 4) is 0 Å². The lowest BCUT2D eigenvalue weighted by Crippen LogP contribution is -2.56. The van der Waals surface area contributed by atoms with Crippen LogP contribution in [0.1, 0.15) is 41.0 Å². The standard InChI is InChI=1S/C13H28N2O/c1-6-12(16)11(2)14-7-9-15(10-8-14)13(3,4)5/h11-12,16H,6-10H2,1-5H3. The molecule has 1 N–H and O–H groups in total. The fourth-order valence-corrected chi connectivity index (χ4v) is 2.38. The molecule has 0 aromatic heterocycles.